The van der Waals surface area contributed by atoms with Crippen molar-refractivity contribution in [3.8, 4) is 0 Å². The number of primary amides is 1. The first kappa shape index (κ1) is 22.8. The molecule has 0 aliphatic carbocycles. The molecule has 2 amide bonds. The second-order valence-corrected chi connectivity index (χ2v) is 8.34. The van der Waals surface area contributed by atoms with Crippen LogP contribution < -0.4 is 11.1 Å². The molecule has 1 aromatic rings. The minimum atomic E-state index is -4.07. The van der Waals surface area contributed by atoms with Crippen molar-refractivity contribution in [2.45, 2.75) is 52.1 Å². The van der Waals surface area contributed by atoms with Crippen LogP contribution in [0.4, 0.5) is 5.69 Å². The Morgan fingerprint density at radius 1 is 1.15 bits per heavy atom. The summed E-state index contributed by atoms with van der Waals surface area (Å²) in [6.07, 6.45) is -1.28. The minimum absolute atomic E-state index is 0.116. The second kappa shape index (κ2) is 9.59. The zero-order chi connectivity index (χ0) is 20.8. The van der Waals surface area contributed by atoms with Crippen LogP contribution >= 0.6 is 7.60 Å². The maximum absolute atomic E-state index is 13.0. The predicted octanol–water partition coefficient (Wildman–Crippen LogP) is 2.11. The van der Waals surface area contributed by atoms with Crippen LogP contribution in [0.25, 0.3) is 0 Å². The maximum atomic E-state index is 13.0. The Balaban J connectivity index is 2.96. The number of amides is 2. The first-order chi connectivity index (χ1) is 12.4. The standard InChI is InChI=1S/C16H24N3O7P/c1-10(2)25-27(24,26-11(3)4)16(15(17)21)18-14(20)9-12-5-7-13(8-6-12)19(22)23/h5-8,10-11,16H,9H2,1-4H3,(H2,17,21)(H,18,20). The van der Waals surface area contributed by atoms with Crippen LogP contribution in [0.5, 0.6) is 0 Å². The number of benzene rings is 1. The molecule has 3 N–H and O–H groups in total. The molecular formula is C16H24N3O7P. The van der Waals surface area contributed by atoms with Gasteiger partial charge >= 0.3 is 7.60 Å². The number of carbonyl (C=O) groups excluding carboxylic acids is 2. The molecule has 0 saturated heterocycles. The molecule has 1 atom stereocenters. The molecule has 1 aromatic carbocycles. The van der Waals surface area contributed by atoms with Crippen LogP contribution in [-0.2, 0) is 29.6 Å². The van der Waals surface area contributed by atoms with Gasteiger partial charge in [0.2, 0.25) is 11.7 Å². The number of nitrogens with one attached hydrogen (secondary N) is 1. The highest BCUT2D eigenvalue weighted by molar-refractivity contribution is 7.55. The van der Waals surface area contributed by atoms with Gasteiger partial charge < -0.3 is 20.1 Å². The lowest BCUT2D eigenvalue weighted by molar-refractivity contribution is -0.384. The number of nitro groups is 1. The molecule has 0 bridgehead atoms. The molecule has 1 rings (SSSR count). The number of non-ortho nitro benzene ring substituents is 1. The number of nitrogens with two attached hydrogens (primary N) is 1. The van der Waals surface area contributed by atoms with Gasteiger partial charge in [0, 0.05) is 12.1 Å². The first-order valence-electron chi connectivity index (χ1n) is 8.23. The summed E-state index contributed by atoms with van der Waals surface area (Å²) >= 11 is 0. The fraction of sp³-hybridized carbons (Fsp3) is 0.500. The van der Waals surface area contributed by atoms with Crippen molar-refractivity contribution in [1.82, 2.24) is 5.32 Å². The Bertz CT molecular complexity index is 720. The van der Waals surface area contributed by atoms with E-state index in [1.54, 1.807) is 27.7 Å². The summed E-state index contributed by atoms with van der Waals surface area (Å²) in [5.74, 6) is -3.38. The van der Waals surface area contributed by atoms with Gasteiger partial charge in [-0.25, -0.2) is 0 Å². The molecule has 10 nitrogen and oxygen atoms in total. The van der Waals surface area contributed by atoms with E-state index in [4.69, 9.17) is 14.8 Å². The van der Waals surface area contributed by atoms with Gasteiger partial charge in [-0.1, -0.05) is 12.1 Å². The van der Waals surface area contributed by atoms with Gasteiger partial charge in [-0.3, -0.25) is 24.3 Å². The van der Waals surface area contributed by atoms with Gasteiger partial charge in [-0.2, -0.15) is 0 Å². The molecule has 0 fully saturated rings. The second-order valence-electron chi connectivity index (χ2n) is 6.32. The van der Waals surface area contributed by atoms with E-state index in [0.717, 1.165) is 0 Å². The van der Waals surface area contributed by atoms with Gasteiger partial charge in [0.05, 0.1) is 23.6 Å². The number of hydrogen-bond acceptors (Lipinski definition) is 7. The van der Waals surface area contributed by atoms with Crippen LogP contribution in [0.1, 0.15) is 33.3 Å². The lowest BCUT2D eigenvalue weighted by Gasteiger charge is -2.28. The number of hydrogen-bond donors (Lipinski definition) is 2. The van der Waals surface area contributed by atoms with Gasteiger partial charge in [0.25, 0.3) is 11.6 Å². The molecular weight excluding hydrogens is 377 g/mol. The van der Waals surface area contributed by atoms with Crippen molar-refractivity contribution in [1.29, 1.82) is 0 Å². The molecule has 0 radical (unpaired) electrons. The number of rotatable bonds is 10. The molecule has 0 aliphatic rings. The highest BCUT2D eigenvalue weighted by Gasteiger charge is 2.43. The summed E-state index contributed by atoms with van der Waals surface area (Å²) in [5, 5.41) is 13.0. The summed E-state index contributed by atoms with van der Waals surface area (Å²) in [6.45, 7) is 6.42. The summed E-state index contributed by atoms with van der Waals surface area (Å²) in [7, 11) is -4.07. The fourth-order valence-corrected chi connectivity index (χ4v) is 4.25. The predicted molar refractivity (Wildman–Crippen MR) is 98.0 cm³/mol. The monoisotopic (exact) mass is 401 g/mol. The van der Waals surface area contributed by atoms with Crippen molar-refractivity contribution in [2.75, 3.05) is 0 Å². The Morgan fingerprint density at radius 3 is 2.00 bits per heavy atom. The van der Waals surface area contributed by atoms with Crippen LogP contribution in [0, 0.1) is 10.1 Å². The summed E-state index contributed by atoms with van der Waals surface area (Å²) in [5.41, 5.74) is 5.66. The Hall–Kier alpha value is -2.29. The Morgan fingerprint density at radius 2 is 1.63 bits per heavy atom. The molecule has 0 aliphatic heterocycles. The smallest absolute Gasteiger partial charge is 0.362 e. The average Bonchev–Trinajstić information content (AvgIpc) is 2.51. The number of nitrogens with zero attached hydrogens (tertiary/aromatic N) is 1. The fourth-order valence-electron chi connectivity index (χ4n) is 2.16. The van der Waals surface area contributed by atoms with E-state index in [2.05, 4.69) is 5.32 Å². The molecule has 27 heavy (non-hydrogen) atoms. The van der Waals surface area contributed by atoms with E-state index < -0.39 is 42.3 Å². The van der Waals surface area contributed by atoms with Gasteiger partial charge in [0.1, 0.15) is 0 Å². The number of nitro benzene ring substituents is 1. The quantitative estimate of drug-likeness (QED) is 0.346. The average molecular weight is 401 g/mol. The Kier molecular flexibility index (Phi) is 8.08. The minimum Gasteiger partial charge on any atom is -0.367 e. The van der Waals surface area contributed by atoms with Gasteiger partial charge in [-0.05, 0) is 33.3 Å². The van der Waals surface area contributed by atoms with E-state index in [1.807, 2.05) is 0 Å². The summed E-state index contributed by atoms with van der Waals surface area (Å²) < 4.78 is 23.7. The first-order valence-corrected chi connectivity index (χ1v) is 9.84. The van der Waals surface area contributed by atoms with E-state index in [1.165, 1.54) is 24.3 Å². The van der Waals surface area contributed by atoms with E-state index in [9.17, 15) is 24.3 Å². The van der Waals surface area contributed by atoms with Crippen molar-refractivity contribution in [2.24, 2.45) is 5.73 Å². The lowest BCUT2D eigenvalue weighted by atomic mass is 10.1. The summed E-state index contributed by atoms with van der Waals surface area (Å²) in [6, 6.07) is 5.32. The third kappa shape index (κ3) is 7.09. The van der Waals surface area contributed by atoms with E-state index in [0.29, 0.717) is 5.56 Å². The summed E-state index contributed by atoms with van der Waals surface area (Å²) in [4.78, 5) is 34.2. The largest absolute Gasteiger partial charge is 0.367 e. The van der Waals surface area contributed by atoms with Crippen LogP contribution in [-0.4, -0.2) is 34.7 Å². The molecule has 0 saturated carbocycles. The molecule has 1 unspecified atom stereocenters. The third-order valence-corrected chi connectivity index (χ3v) is 5.56. The Labute approximate surface area is 157 Å². The van der Waals surface area contributed by atoms with Crippen LogP contribution in [0.3, 0.4) is 0 Å². The van der Waals surface area contributed by atoms with Crippen molar-refractivity contribution < 1.29 is 28.1 Å². The van der Waals surface area contributed by atoms with Crippen molar-refractivity contribution in [3.05, 3.63) is 39.9 Å². The van der Waals surface area contributed by atoms with E-state index in [-0.39, 0.29) is 12.1 Å². The highest BCUT2D eigenvalue weighted by Crippen LogP contribution is 2.54. The van der Waals surface area contributed by atoms with Gasteiger partial charge in [0.15, 0.2) is 0 Å². The van der Waals surface area contributed by atoms with E-state index >= 15 is 0 Å². The lowest BCUT2D eigenvalue weighted by Crippen LogP contribution is -2.46. The van der Waals surface area contributed by atoms with Crippen molar-refractivity contribution >= 4 is 25.1 Å². The van der Waals surface area contributed by atoms with Crippen LogP contribution in [0.2, 0.25) is 0 Å². The SMILES string of the molecule is CC(C)OP(=O)(OC(C)C)C(NC(=O)Cc1ccc([N+](=O)[O-])cc1)C(N)=O. The molecule has 11 heteroatoms. The number of carbonyl (C=O) groups is 2. The molecule has 0 spiro atoms. The topological polar surface area (TPSA) is 151 Å². The van der Waals surface area contributed by atoms with Crippen LogP contribution in [0.15, 0.2) is 24.3 Å². The molecule has 0 heterocycles. The zero-order valence-electron chi connectivity index (χ0n) is 15.6. The normalized spacial score (nSPS) is 12.8. The third-order valence-electron chi connectivity index (χ3n) is 3.11. The molecule has 150 valence electrons. The van der Waals surface area contributed by atoms with Gasteiger partial charge in [-0.15, -0.1) is 0 Å². The van der Waals surface area contributed by atoms with Crippen molar-refractivity contribution in [3.63, 3.8) is 0 Å². The highest BCUT2D eigenvalue weighted by atomic mass is 31.2. The molecule has 0 aromatic heterocycles. The zero-order valence-corrected chi connectivity index (χ0v) is 16.5. The maximum Gasteiger partial charge on any atom is 0.362 e.